The van der Waals surface area contributed by atoms with Gasteiger partial charge in [0.15, 0.2) is 5.69 Å². The number of hydrogen-bond donors (Lipinski definition) is 2. The molecule has 0 radical (unpaired) electrons. The number of aliphatic hydroxyl groups excluding tert-OH is 1. The number of nitrogens with one attached hydrogen (secondary N) is 1. The second-order valence-corrected chi connectivity index (χ2v) is 3.89. The van der Waals surface area contributed by atoms with E-state index in [1.165, 1.54) is 12.4 Å². The SMILES string of the molecule is CCOc1ccccc1NC(=O)c1nccnc1CO. The summed E-state index contributed by atoms with van der Waals surface area (Å²) in [7, 11) is 0. The average Bonchev–Trinajstić information content (AvgIpc) is 2.49. The van der Waals surface area contributed by atoms with Crippen molar-refractivity contribution < 1.29 is 14.6 Å². The fourth-order valence-electron chi connectivity index (χ4n) is 1.71. The summed E-state index contributed by atoms with van der Waals surface area (Å²) in [4.78, 5) is 20.0. The van der Waals surface area contributed by atoms with Gasteiger partial charge in [0.25, 0.3) is 5.91 Å². The lowest BCUT2D eigenvalue weighted by Crippen LogP contribution is -2.17. The van der Waals surface area contributed by atoms with Gasteiger partial charge in [-0.15, -0.1) is 0 Å². The van der Waals surface area contributed by atoms with Gasteiger partial charge in [0.2, 0.25) is 0 Å². The molecule has 2 aromatic rings. The standard InChI is InChI=1S/C14H15N3O3/c1-2-20-12-6-4-3-5-10(12)17-14(19)13-11(9-18)15-7-8-16-13/h3-8,18H,2,9H2,1H3,(H,17,19). The van der Waals surface area contributed by atoms with Crippen LogP contribution in [0.2, 0.25) is 0 Å². The molecule has 1 heterocycles. The zero-order valence-electron chi connectivity index (χ0n) is 11.0. The minimum atomic E-state index is -0.436. The Hall–Kier alpha value is -2.47. The fraction of sp³-hybridized carbons (Fsp3) is 0.214. The lowest BCUT2D eigenvalue weighted by Gasteiger charge is -2.11. The van der Waals surface area contributed by atoms with Crippen LogP contribution in [-0.4, -0.2) is 27.6 Å². The van der Waals surface area contributed by atoms with Crippen molar-refractivity contribution in [2.45, 2.75) is 13.5 Å². The van der Waals surface area contributed by atoms with Gasteiger partial charge in [-0.25, -0.2) is 4.98 Å². The molecule has 0 unspecified atom stereocenters. The Morgan fingerprint density at radius 1 is 1.30 bits per heavy atom. The van der Waals surface area contributed by atoms with Crippen molar-refractivity contribution in [1.82, 2.24) is 9.97 Å². The summed E-state index contributed by atoms with van der Waals surface area (Å²) in [5, 5.41) is 11.9. The van der Waals surface area contributed by atoms with Crippen LogP contribution in [-0.2, 0) is 6.61 Å². The molecule has 0 bridgehead atoms. The Balaban J connectivity index is 2.24. The van der Waals surface area contributed by atoms with Gasteiger partial charge in [-0.3, -0.25) is 9.78 Å². The molecule has 2 rings (SSSR count). The van der Waals surface area contributed by atoms with Crippen molar-refractivity contribution in [3.8, 4) is 5.75 Å². The van der Waals surface area contributed by atoms with E-state index in [9.17, 15) is 4.79 Å². The van der Waals surface area contributed by atoms with Gasteiger partial charge in [-0.05, 0) is 19.1 Å². The van der Waals surface area contributed by atoms with Gasteiger partial charge in [-0.2, -0.15) is 0 Å². The number of amides is 1. The third kappa shape index (κ3) is 3.10. The quantitative estimate of drug-likeness (QED) is 0.864. The zero-order chi connectivity index (χ0) is 14.4. The highest BCUT2D eigenvalue weighted by atomic mass is 16.5. The van der Waals surface area contributed by atoms with Gasteiger partial charge in [0.05, 0.1) is 24.6 Å². The van der Waals surface area contributed by atoms with E-state index in [1.807, 2.05) is 13.0 Å². The van der Waals surface area contributed by atoms with Gasteiger partial charge in [0.1, 0.15) is 5.75 Å². The van der Waals surface area contributed by atoms with Crippen molar-refractivity contribution in [2.75, 3.05) is 11.9 Å². The molecule has 6 heteroatoms. The molecule has 0 spiro atoms. The maximum atomic E-state index is 12.2. The highest BCUT2D eigenvalue weighted by molar-refractivity contribution is 6.04. The minimum absolute atomic E-state index is 0.0984. The summed E-state index contributed by atoms with van der Waals surface area (Å²) in [6, 6.07) is 7.12. The van der Waals surface area contributed by atoms with Gasteiger partial charge in [0, 0.05) is 12.4 Å². The molecule has 0 aliphatic heterocycles. The van der Waals surface area contributed by atoms with Crippen LogP contribution in [0.3, 0.4) is 0 Å². The number of nitrogens with zero attached hydrogens (tertiary/aromatic N) is 2. The van der Waals surface area contributed by atoms with Crippen molar-refractivity contribution in [3.05, 3.63) is 48.0 Å². The molecule has 20 heavy (non-hydrogen) atoms. The number of ether oxygens (including phenoxy) is 1. The summed E-state index contributed by atoms with van der Waals surface area (Å²) < 4.78 is 5.43. The van der Waals surface area contributed by atoms with Crippen LogP contribution in [0.25, 0.3) is 0 Å². The zero-order valence-corrected chi connectivity index (χ0v) is 11.0. The highest BCUT2D eigenvalue weighted by Crippen LogP contribution is 2.24. The number of carbonyl (C=O) groups is 1. The van der Waals surface area contributed by atoms with E-state index in [1.54, 1.807) is 18.2 Å². The van der Waals surface area contributed by atoms with Crippen molar-refractivity contribution >= 4 is 11.6 Å². The summed E-state index contributed by atoms with van der Waals surface area (Å²) in [6.45, 7) is 2.02. The molecule has 1 amide bonds. The number of aromatic nitrogens is 2. The second kappa shape index (κ2) is 6.63. The van der Waals surface area contributed by atoms with Crippen LogP contribution in [0.1, 0.15) is 23.1 Å². The van der Waals surface area contributed by atoms with Gasteiger partial charge >= 0.3 is 0 Å². The summed E-state index contributed by atoms with van der Waals surface area (Å²) in [6.07, 6.45) is 2.83. The van der Waals surface area contributed by atoms with E-state index in [2.05, 4.69) is 15.3 Å². The number of anilines is 1. The molecule has 0 aliphatic carbocycles. The number of aliphatic hydroxyl groups is 1. The summed E-state index contributed by atoms with van der Waals surface area (Å²) in [5.41, 5.74) is 0.883. The normalized spacial score (nSPS) is 10.1. The fourth-order valence-corrected chi connectivity index (χ4v) is 1.71. The highest BCUT2D eigenvalue weighted by Gasteiger charge is 2.15. The lowest BCUT2D eigenvalue weighted by atomic mass is 10.2. The minimum Gasteiger partial charge on any atom is -0.492 e. The van der Waals surface area contributed by atoms with E-state index >= 15 is 0 Å². The molecule has 0 atom stereocenters. The first kappa shape index (κ1) is 14.0. The number of benzene rings is 1. The molecule has 1 aromatic heterocycles. The first-order chi connectivity index (χ1) is 9.76. The van der Waals surface area contributed by atoms with E-state index in [0.29, 0.717) is 18.0 Å². The lowest BCUT2D eigenvalue weighted by molar-refractivity contribution is 0.101. The van der Waals surface area contributed by atoms with Crippen LogP contribution in [0.15, 0.2) is 36.7 Å². The molecular weight excluding hydrogens is 258 g/mol. The number of carbonyl (C=O) groups excluding carboxylic acids is 1. The van der Waals surface area contributed by atoms with Crippen LogP contribution in [0.4, 0.5) is 5.69 Å². The molecule has 0 fully saturated rings. The monoisotopic (exact) mass is 273 g/mol. The Labute approximate surface area is 116 Å². The third-order valence-electron chi connectivity index (χ3n) is 2.57. The molecule has 104 valence electrons. The average molecular weight is 273 g/mol. The summed E-state index contributed by atoms with van der Waals surface area (Å²) in [5.74, 6) is 0.145. The van der Waals surface area contributed by atoms with E-state index in [0.717, 1.165) is 0 Å². The molecular formula is C14H15N3O3. The van der Waals surface area contributed by atoms with E-state index in [-0.39, 0.29) is 18.0 Å². The maximum Gasteiger partial charge on any atom is 0.276 e. The van der Waals surface area contributed by atoms with Crippen LogP contribution in [0, 0.1) is 0 Å². The number of rotatable bonds is 5. The van der Waals surface area contributed by atoms with Gasteiger partial charge < -0.3 is 15.2 Å². The smallest absolute Gasteiger partial charge is 0.276 e. The molecule has 1 aromatic carbocycles. The number of para-hydroxylation sites is 2. The van der Waals surface area contributed by atoms with Crippen LogP contribution < -0.4 is 10.1 Å². The Morgan fingerprint density at radius 2 is 2.05 bits per heavy atom. The van der Waals surface area contributed by atoms with Crippen molar-refractivity contribution in [2.24, 2.45) is 0 Å². The van der Waals surface area contributed by atoms with Crippen molar-refractivity contribution in [3.63, 3.8) is 0 Å². The summed E-state index contributed by atoms with van der Waals surface area (Å²) >= 11 is 0. The second-order valence-electron chi connectivity index (χ2n) is 3.89. The predicted octanol–water partition coefficient (Wildman–Crippen LogP) is 1.62. The Morgan fingerprint density at radius 3 is 2.80 bits per heavy atom. The van der Waals surface area contributed by atoms with Crippen molar-refractivity contribution in [1.29, 1.82) is 0 Å². The molecule has 0 aliphatic rings. The molecule has 6 nitrogen and oxygen atoms in total. The molecule has 0 saturated heterocycles. The first-order valence-corrected chi connectivity index (χ1v) is 6.20. The van der Waals surface area contributed by atoms with E-state index in [4.69, 9.17) is 9.84 Å². The van der Waals surface area contributed by atoms with Crippen LogP contribution in [0.5, 0.6) is 5.75 Å². The van der Waals surface area contributed by atoms with E-state index < -0.39 is 5.91 Å². The van der Waals surface area contributed by atoms with Gasteiger partial charge in [-0.1, -0.05) is 12.1 Å². The Bertz CT molecular complexity index is 602. The van der Waals surface area contributed by atoms with Crippen LogP contribution >= 0.6 is 0 Å². The predicted molar refractivity (Wildman–Crippen MR) is 73.5 cm³/mol. The first-order valence-electron chi connectivity index (χ1n) is 6.20. The third-order valence-corrected chi connectivity index (χ3v) is 2.57. The molecule has 0 saturated carbocycles. The largest absolute Gasteiger partial charge is 0.492 e. The topological polar surface area (TPSA) is 84.3 Å². The number of hydrogen-bond acceptors (Lipinski definition) is 5. The maximum absolute atomic E-state index is 12.2. The molecule has 2 N–H and O–H groups in total. The Kier molecular flexibility index (Phi) is 4.62.